The molecule has 166 valence electrons. The molecule has 0 aliphatic heterocycles. The van der Waals surface area contributed by atoms with Gasteiger partial charge in [-0.2, -0.15) is 5.10 Å². The third kappa shape index (κ3) is 6.08. The largest absolute Gasteiger partial charge is 0.489 e. The van der Waals surface area contributed by atoms with Crippen LogP contribution in [0.1, 0.15) is 18.1 Å². The lowest BCUT2D eigenvalue weighted by Gasteiger charge is -2.13. The highest BCUT2D eigenvalue weighted by Gasteiger charge is 2.14. The van der Waals surface area contributed by atoms with Gasteiger partial charge in [-0.3, -0.25) is 4.79 Å². The molecule has 0 saturated carbocycles. The minimum absolute atomic E-state index is 0.311. The number of halogens is 1. The van der Waals surface area contributed by atoms with Crippen LogP contribution >= 0.6 is 11.6 Å². The van der Waals surface area contributed by atoms with E-state index in [1.807, 2.05) is 60.7 Å². The smallest absolute Gasteiger partial charge is 0.280 e. The molecule has 6 nitrogen and oxygen atoms in total. The molecular formula is C26H22ClN3O3. The minimum atomic E-state index is -0.747. The van der Waals surface area contributed by atoms with Crippen molar-refractivity contribution in [1.82, 2.24) is 10.4 Å². The van der Waals surface area contributed by atoms with Crippen LogP contribution in [0, 0.1) is 0 Å². The fourth-order valence-corrected chi connectivity index (χ4v) is 3.26. The quantitative estimate of drug-likeness (QED) is 0.218. The number of aromatic nitrogens is 1. The number of para-hydroxylation sites is 1. The Kier molecular flexibility index (Phi) is 7.17. The standard InChI is InChI=1S/C26H22ClN3O3/c1-18(33-23-13-11-22(12-14-23)32-17-19-7-3-2-4-8-19)26(31)30-28-16-21-15-20-9-5-6-10-24(20)29-25(21)27/h2-16,18H,17H2,1H3,(H,30,31)/b28-16-/t18-/m1/s1. The molecule has 1 N–H and O–H groups in total. The van der Waals surface area contributed by atoms with E-state index in [9.17, 15) is 4.79 Å². The molecule has 0 bridgehead atoms. The number of benzene rings is 3. The summed E-state index contributed by atoms with van der Waals surface area (Å²) in [7, 11) is 0. The van der Waals surface area contributed by atoms with Crippen LogP contribution in [0.3, 0.4) is 0 Å². The molecule has 0 aliphatic carbocycles. The lowest BCUT2D eigenvalue weighted by Crippen LogP contribution is -2.33. The summed E-state index contributed by atoms with van der Waals surface area (Å²) < 4.78 is 11.5. The van der Waals surface area contributed by atoms with Gasteiger partial charge in [0, 0.05) is 10.9 Å². The number of nitrogens with zero attached hydrogens (tertiary/aromatic N) is 2. The fraction of sp³-hybridized carbons (Fsp3) is 0.115. The van der Waals surface area contributed by atoms with Gasteiger partial charge in [0.2, 0.25) is 0 Å². The van der Waals surface area contributed by atoms with Crippen molar-refractivity contribution in [2.24, 2.45) is 5.10 Å². The molecule has 4 rings (SSSR count). The Labute approximate surface area is 196 Å². The SMILES string of the molecule is C[C@@H](Oc1ccc(OCc2ccccc2)cc1)C(=O)N/N=C\c1cc2ccccc2nc1Cl. The molecule has 3 aromatic carbocycles. The molecule has 0 unspecified atom stereocenters. The van der Waals surface area contributed by atoms with E-state index in [4.69, 9.17) is 21.1 Å². The van der Waals surface area contributed by atoms with E-state index in [1.54, 1.807) is 31.2 Å². The summed E-state index contributed by atoms with van der Waals surface area (Å²) in [4.78, 5) is 16.7. The van der Waals surface area contributed by atoms with Gasteiger partial charge in [-0.05, 0) is 48.9 Å². The fourth-order valence-electron chi connectivity index (χ4n) is 3.07. The van der Waals surface area contributed by atoms with Crippen molar-refractivity contribution in [3.05, 3.63) is 101 Å². The first-order chi connectivity index (χ1) is 16.1. The molecular weight excluding hydrogens is 438 g/mol. The van der Waals surface area contributed by atoms with Crippen molar-refractivity contribution in [2.75, 3.05) is 0 Å². The average Bonchev–Trinajstić information content (AvgIpc) is 2.84. The van der Waals surface area contributed by atoms with Crippen LogP contribution in [0.4, 0.5) is 0 Å². The molecule has 1 amide bonds. The molecule has 1 heterocycles. The van der Waals surface area contributed by atoms with Crippen LogP contribution in [0.25, 0.3) is 10.9 Å². The predicted octanol–water partition coefficient (Wildman–Crippen LogP) is 5.38. The van der Waals surface area contributed by atoms with Gasteiger partial charge < -0.3 is 9.47 Å². The third-order valence-electron chi connectivity index (χ3n) is 4.84. The maximum absolute atomic E-state index is 12.3. The first-order valence-electron chi connectivity index (χ1n) is 10.4. The average molecular weight is 460 g/mol. The number of carbonyl (C=O) groups is 1. The number of ether oxygens (including phenoxy) is 2. The highest BCUT2D eigenvalue weighted by atomic mass is 35.5. The van der Waals surface area contributed by atoms with E-state index in [0.29, 0.717) is 28.8 Å². The molecule has 0 saturated heterocycles. The van der Waals surface area contributed by atoms with E-state index in [0.717, 1.165) is 16.5 Å². The van der Waals surface area contributed by atoms with Gasteiger partial charge in [-0.1, -0.05) is 60.1 Å². The van der Waals surface area contributed by atoms with E-state index in [2.05, 4.69) is 15.5 Å². The normalized spacial score (nSPS) is 11.9. The number of fused-ring (bicyclic) bond motifs is 1. The summed E-state index contributed by atoms with van der Waals surface area (Å²) in [6.45, 7) is 2.13. The van der Waals surface area contributed by atoms with Crippen LogP contribution in [0.2, 0.25) is 5.15 Å². The van der Waals surface area contributed by atoms with Crippen molar-refractivity contribution < 1.29 is 14.3 Å². The summed E-state index contributed by atoms with van der Waals surface area (Å²) in [6, 6.07) is 26.5. The highest BCUT2D eigenvalue weighted by molar-refractivity contribution is 6.32. The van der Waals surface area contributed by atoms with Gasteiger partial charge in [-0.15, -0.1) is 0 Å². The lowest BCUT2D eigenvalue weighted by atomic mass is 10.2. The number of amides is 1. The summed E-state index contributed by atoms with van der Waals surface area (Å²) in [5, 5.41) is 5.23. The zero-order valence-corrected chi connectivity index (χ0v) is 18.7. The Balaban J connectivity index is 1.29. The predicted molar refractivity (Wildman–Crippen MR) is 130 cm³/mol. The summed E-state index contributed by atoms with van der Waals surface area (Å²) >= 11 is 6.21. The number of hydrogen-bond donors (Lipinski definition) is 1. The molecule has 1 aromatic heterocycles. The molecule has 4 aromatic rings. The monoisotopic (exact) mass is 459 g/mol. The van der Waals surface area contributed by atoms with Crippen molar-refractivity contribution >= 4 is 34.6 Å². The molecule has 1 atom stereocenters. The van der Waals surface area contributed by atoms with Crippen LogP contribution in [0.5, 0.6) is 11.5 Å². The minimum Gasteiger partial charge on any atom is -0.489 e. The van der Waals surface area contributed by atoms with Gasteiger partial charge in [0.25, 0.3) is 5.91 Å². The molecule has 33 heavy (non-hydrogen) atoms. The Morgan fingerprint density at radius 2 is 1.73 bits per heavy atom. The van der Waals surface area contributed by atoms with Crippen molar-refractivity contribution in [2.45, 2.75) is 19.6 Å². The maximum Gasteiger partial charge on any atom is 0.280 e. The zero-order valence-electron chi connectivity index (χ0n) is 17.9. The Bertz CT molecular complexity index is 1260. The Morgan fingerprint density at radius 1 is 1.03 bits per heavy atom. The van der Waals surface area contributed by atoms with Gasteiger partial charge in [-0.25, -0.2) is 10.4 Å². The van der Waals surface area contributed by atoms with Gasteiger partial charge in [0.15, 0.2) is 6.10 Å². The van der Waals surface area contributed by atoms with Gasteiger partial charge >= 0.3 is 0 Å². The number of hydrazone groups is 1. The van der Waals surface area contributed by atoms with Crippen molar-refractivity contribution in [3.8, 4) is 11.5 Å². The summed E-state index contributed by atoms with van der Waals surface area (Å²) in [5.74, 6) is 0.879. The van der Waals surface area contributed by atoms with Crippen LogP contribution in [0.15, 0.2) is 90.0 Å². The highest BCUT2D eigenvalue weighted by Crippen LogP contribution is 2.20. The number of pyridine rings is 1. The zero-order chi connectivity index (χ0) is 23.0. The second kappa shape index (κ2) is 10.6. The summed E-state index contributed by atoms with van der Waals surface area (Å²) in [6.07, 6.45) is 0.717. The molecule has 0 radical (unpaired) electrons. The van der Waals surface area contributed by atoms with E-state index in [1.165, 1.54) is 6.21 Å². The second-order valence-electron chi connectivity index (χ2n) is 7.30. The first kappa shape index (κ1) is 22.3. The molecule has 0 spiro atoms. The number of carbonyl (C=O) groups excluding carboxylic acids is 1. The topological polar surface area (TPSA) is 72.8 Å². The van der Waals surface area contributed by atoms with Crippen LogP contribution in [-0.2, 0) is 11.4 Å². The Morgan fingerprint density at radius 3 is 2.52 bits per heavy atom. The van der Waals surface area contributed by atoms with Gasteiger partial charge in [0.05, 0.1) is 11.7 Å². The van der Waals surface area contributed by atoms with Gasteiger partial charge in [0.1, 0.15) is 23.3 Å². The van der Waals surface area contributed by atoms with Crippen LogP contribution < -0.4 is 14.9 Å². The Hall–Kier alpha value is -3.90. The van der Waals surface area contributed by atoms with E-state index >= 15 is 0 Å². The second-order valence-corrected chi connectivity index (χ2v) is 7.66. The lowest BCUT2D eigenvalue weighted by molar-refractivity contribution is -0.127. The number of hydrogen-bond acceptors (Lipinski definition) is 5. The molecule has 7 heteroatoms. The van der Waals surface area contributed by atoms with E-state index < -0.39 is 6.10 Å². The molecule has 0 aliphatic rings. The summed E-state index contributed by atoms with van der Waals surface area (Å²) in [5.41, 5.74) is 4.96. The first-order valence-corrected chi connectivity index (χ1v) is 10.8. The van der Waals surface area contributed by atoms with Crippen molar-refractivity contribution in [3.63, 3.8) is 0 Å². The number of rotatable bonds is 8. The third-order valence-corrected chi connectivity index (χ3v) is 5.14. The number of nitrogens with one attached hydrogen (secondary N) is 1. The van der Waals surface area contributed by atoms with E-state index in [-0.39, 0.29) is 5.91 Å². The maximum atomic E-state index is 12.3. The van der Waals surface area contributed by atoms with Crippen molar-refractivity contribution in [1.29, 1.82) is 0 Å². The van der Waals surface area contributed by atoms with Crippen LogP contribution in [-0.4, -0.2) is 23.2 Å². The molecule has 0 fully saturated rings.